The van der Waals surface area contributed by atoms with Crippen molar-refractivity contribution < 1.29 is 25.9 Å². The minimum absolute atomic E-state index is 0.715. The van der Waals surface area contributed by atoms with Crippen molar-refractivity contribution in [2.75, 3.05) is 6.26 Å². The fourth-order valence-corrected chi connectivity index (χ4v) is 0. The summed E-state index contributed by atoms with van der Waals surface area (Å²) in [5.74, 6) is 0. The third-order valence-electron chi connectivity index (χ3n) is 0. The van der Waals surface area contributed by atoms with E-state index < -0.39 is 19.3 Å². The zero-order chi connectivity index (χ0) is 9.00. The second-order valence-corrected chi connectivity index (χ2v) is 4.93. The third-order valence-corrected chi connectivity index (χ3v) is 0. The second kappa shape index (κ2) is 4.13. The molecule has 0 radical (unpaired) electrons. The number of rotatable bonds is 0. The van der Waals surface area contributed by atoms with Gasteiger partial charge in [0.05, 0.1) is 6.26 Å². The lowest BCUT2D eigenvalue weighted by Crippen LogP contribution is -1.88. The predicted octanol–water partition coefficient (Wildman–Crippen LogP) is -0.777. The molecule has 9 heteroatoms. The highest BCUT2D eigenvalue weighted by Crippen LogP contribution is 1.81. The maximum Gasteiger partial charge on any atom is 0.316 e. The molecule has 0 saturated carbocycles. The topological polar surface area (TPSA) is 109 Å². The first kappa shape index (κ1) is 12.8. The minimum Gasteiger partial charge on any atom is -0.286 e. The van der Waals surface area contributed by atoms with Crippen LogP contribution in [0, 0.1) is 0 Å². The average Bonchev–Trinajstić information content (AvgIpc) is 1.12. The standard InChI is InChI=1S/CH4O3S.H2O3S2/c2*1-5(2,3)4/h1H3,(H,2,3,4);(H2,1,2,3,4). The Hall–Kier alpha value is 0.170. The first-order valence-electron chi connectivity index (χ1n) is 1.62. The van der Waals surface area contributed by atoms with Crippen LogP contribution in [0.5, 0.6) is 0 Å². The summed E-state index contributed by atoms with van der Waals surface area (Å²) < 4.78 is 51.3. The van der Waals surface area contributed by atoms with E-state index in [-0.39, 0.29) is 0 Å². The van der Waals surface area contributed by atoms with Crippen LogP contribution in [0.1, 0.15) is 0 Å². The molecule has 0 atom stereocenters. The average molecular weight is 210 g/mol. The molecule has 0 aromatic rings. The zero-order valence-corrected chi connectivity index (χ0v) is 7.32. The molecule has 6 nitrogen and oxygen atoms in total. The van der Waals surface area contributed by atoms with Gasteiger partial charge < -0.3 is 0 Å². The van der Waals surface area contributed by atoms with Crippen molar-refractivity contribution in [3.05, 3.63) is 0 Å². The van der Waals surface area contributed by atoms with E-state index in [2.05, 4.69) is 11.7 Å². The maximum atomic E-state index is 9.19. The Balaban J connectivity index is 0. The molecule has 0 aliphatic carbocycles. The molecule has 0 unspecified atom stereocenters. The molecule has 0 bridgehead atoms. The van der Waals surface area contributed by atoms with Gasteiger partial charge in [0, 0.05) is 0 Å². The van der Waals surface area contributed by atoms with E-state index in [4.69, 9.17) is 17.5 Å². The summed E-state index contributed by atoms with van der Waals surface area (Å²) >= 11 is 2.65. The Morgan fingerprint density at radius 1 is 1.10 bits per heavy atom. The molecule has 0 spiro atoms. The van der Waals surface area contributed by atoms with Crippen molar-refractivity contribution in [1.82, 2.24) is 0 Å². The van der Waals surface area contributed by atoms with Crippen molar-refractivity contribution in [2.45, 2.75) is 0 Å². The Morgan fingerprint density at radius 3 is 1.10 bits per heavy atom. The van der Waals surface area contributed by atoms with Gasteiger partial charge in [0.15, 0.2) is 0 Å². The molecule has 2 N–H and O–H groups in total. The van der Waals surface area contributed by atoms with Crippen molar-refractivity contribution in [3.8, 4) is 0 Å². The van der Waals surface area contributed by atoms with Gasteiger partial charge in [-0.15, -0.1) is 0 Å². The van der Waals surface area contributed by atoms with Crippen molar-refractivity contribution in [3.63, 3.8) is 0 Å². The van der Waals surface area contributed by atoms with Crippen molar-refractivity contribution in [2.24, 2.45) is 0 Å². The van der Waals surface area contributed by atoms with E-state index in [1.165, 1.54) is 0 Å². The maximum absolute atomic E-state index is 9.19. The van der Waals surface area contributed by atoms with Crippen LogP contribution in [-0.4, -0.2) is 32.2 Å². The van der Waals surface area contributed by atoms with E-state index in [1.807, 2.05) is 0 Å². The molecular formula is CH6O6S3. The molecule has 0 heterocycles. The van der Waals surface area contributed by atoms with Crippen LogP contribution in [0.2, 0.25) is 0 Å². The van der Waals surface area contributed by atoms with Gasteiger partial charge >= 0.3 is 9.15 Å². The van der Waals surface area contributed by atoms with Gasteiger partial charge in [-0.05, 0) is 11.7 Å². The van der Waals surface area contributed by atoms with Gasteiger partial charge in [-0.1, -0.05) is 0 Å². The first-order valence-corrected chi connectivity index (χ1v) is 5.96. The lowest BCUT2D eigenvalue weighted by Gasteiger charge is -1.69. The SMILES string of the molecule is CS(=O)(=O)O.O=S(=O)(O)S. The summed E-state index contributed by atoms with van der Waals surface area (Å²) in [6.07, 6.45) is 0.715. The monoisotopic (exact) mass is 210 g/mol. The van der Waals surface area contributed by atoms with Crippen LogP contribution in [0.15, 0.2) is 0 Å². The Morgan fingerprint density at radius 2 is 1.10 bits per heavy atom. The third kappa shape index (κ3) is 14500. The fraction of sp³-hybridized carbons (Fsp3) is 1.00. The summed E-state index contributed by atoms with van der Waals surface area (Å²) in [4.78, 5) is 0. The molecule has 0 aromatic carbocycles. The van der Waals surface area contributed by atoms with Crippen molar-refractivity contribution in [1.29, 1.82) is 0 Å². The molecule has 10 heavy (non-hydrogen) atoms. The molecule has 64 valence electrons. The summed E-state index contributed by atoms with van der Waals surface area (Å²) in [6, 6.07) is 0. The van der Waals surface area contributed by atoms with Gasteiger partial charge in [0.25, 0.3) is 10.1 Å². The lowest BCUT2D eigenvalue weighted by atomic mass is 12.0. The Bertz CT molecular complexity index is 209. The van der Waals surface area contributed by atoms with Gasteiger partial charge in [-0.2, -0.15) is 16.8 Å². The van der Waals surface area contributed by atoms with Crippen LogP contribution >= 0.6 is 11.7 Å². The van der Waals surface area contributed by atoms with Crippen LogP contribution in [-0.2, 0) is 19.3 Å². The van der Waals surface area contributed by atoms with Crippen LogP contribution in [0.25, 0.3) is 0 Å². The largest absolute Gasteiger partial charge is 0.316 e. The van der Waals surface area contributed by atoms with E-state index in [0.717, 1.165) is 0 Å². The highest BCUT2D eigenvalue weighted by molar-refractivity contribution is 8.61. The fourth-order valence-electron chi connectivity index (χ4n) is 0. The summed E-state index contributed by atoms with van der Waals surface area (Å²) in [6.45, 7) is 0. The Kier molecular flexibility index (Phi) is 5.29. The molecule has 0 fully saturated rings. The molecule has 0 aliphatic rings. The predicted molar refractivity (Wildman–Crippen MR) is 38.0 cm³/mol. The van der Waals surface area contributed by atoms with Gasteiger partial charge in [0.2, 0.25) is 0 Å². The second-order valence-electron chi connectivity index (χ2n) is 1.18. The summed E-state index contributed by atoms with van der Waals surface area (Å²) in [7, 11) is -7.64. The molecule has 0 amide bonds. The quantitative estimate of drug-likeness (QED) is 0.275. The van der Waals surface area contributed by atoms with E-state index >= 15 is 0 Å². The zero-order valence-electron chi connectivity index (χ0n) is 4.79. The van der Waals surface area contributed by atoms with E-state index in [1.54, 1.807) is 0 Å². The molecule has 0 aliphatic heterocycles. The smallest absolute Gasteiger partial charge is 0.286 e. The van der Waals surface area contributed by atoms with Crippen LogP contribution < -0.4 is 0 Å². The highest BCUT2D eigenvalue weighted by atomic mass is 33.1. The van der Waals surface area contributed by atoms with E-state index in [0.29, 0.717) is 6.26 Å². The number of hydrogen-bond acceptors (Lipinski definition) is 4. The highest BCUT2D eigenvalue weighted by Gasteiger charge is 1.83. The lowest BCUT2D eigenvalue weighted by molar-refractivity contribution is 0.490. The van der Waals surface area contributed by atoms with Gasteiger partial charge in [-0.25, -0.2) is 0 Å². The van der Waals surface area contributed by atoms with Gasteiger partial charge in [0.1, 0.15) is 0 Å². The molecular weight excluding hydrogens is 204 g/mol. The summed E-state index contributed by atoms with van der Waals surface area (Å²) in [5, 5.41) is 0. The Labute approximate surface area is 63.6 Å². The summed E-state index contributed by atoms with van der Waals surface area (Å²) in [5.41, 5.74) is 0. The minimum atomic E-state index is -3.97. The van der Waals surface area contributed by atoms with Crippen LogP contribution in [0.4, 0.5) is 0 Å². The number of thiol groups is 1. The normalized spacial score (nSPS) is 11.6. The first-order chi connectivity index (χ1) is 4.00. The van der Waals surface area contributed by atoms with E-state index in [9.17, 15) is 8.42 Å². The van der Waals surface area contributed by atoms with Crippen LogP contribution in [0.3, 0.4) is 0 Å². The van der Waals surface area contributed by atoms with Crippen molar-refractivity contribution >= 4 is 30.9 Å². The number of hydrogen-bond donors (Lipinski definition) is 3. The molecule has 0 aromatic heterocycles. The molecule has 0 rings (SSSR count). The van der Waals surface area contributed by atoms with Gasteiger partial charge in [-0.3, -0.25) is 9.11 Å². The molecule has 0 saturated heterocycles.